The molecule has 43 heavy (non-hydrogen) atoms. The van der Waals surface area contributed by atoms with E-state index in [1.807, 2.05) is 0 Å². The zero-order valence-electron chi connectivity index (χ0n) is 24.0. The summed E-state index contributed by atoms with van der Waals surface area (Å²) in [5.74, 6) is 0.129. The van der Waals surface area contributed by atoms with Crippen LogP contribution in [0.3, 0.4) is 0 Å². The second kappa shape index (κ2) is 12.4. The van der Waals surface area contributed by atoms with Crippen LogP contribution in [0.4, 0.5) is 10.2 Å². The lowest BCUT2D eigenvalue weighted by molar-refractivity contribution is -0.129. The zero-order chi connectivity index (χ0) is 30.1. The number of amides is 1. The van der Waals surface area contributed by atoms with Crippen molar-refractivity contribution in [1.82, 2.24) is 34.9 Å². The Balaban J connectivity index is 1.40. The monoisotopic (exact) mass is 614 g/mol. The number of likely N-dealkylation sites (tertiary alicyclic amines) is 1. The minimum atomic E-state index is -0.666. The van der Waals surface area contributed by atoms with Crippen molar-refractivity contribution in [3.05, 3.63) is 35.4 Å². The largest absolute Gasteiger partial charge is 0.456 e. The molecule has 0 spiro atoms. The number of methoxy groups -OCH3 is 2. The molecule has 0 unspecified atom stereocenters. The Morgan fingerprint density at radius 1 is 1.14 bits per heavy atom. The van der Waals surface area contributed by atoms with Crippen LogP contribution in [-0.2, 0) is 14.3 Å². The molecule has 0 radical (unpaired) electrons. The molecule has 0 bridgehead atoms. The molecule has 3 aromatic heterocycles. The fraction of sp³-hybridized carbons (Fsp3) is 0.464. The molecule has 2 atom stereocenters. The molecule has 2 aliphatic rings. The molecule has 228 valence electrons. The second-order valence-corrected chi connectivity index (χ2v) is 10.8. The number of aromatic nitrogens is 5. The summed E-state index contributed by atoms with van der Waals surface area (Å²) in [6, 6.07) is 3.16. The number of rotatable bonds is 9. The van der Waals surface area contributed by atoms with E-state index >= 15 is 0 Å². The molecule has 2 fully saturated rings. The predicted octanol–water partition coefficient (Wildman–Crippen LogP) is 2.88. The van der Waals surface area contributed by atoms with Crippen molar-refractivity contribution in [1.29, 1.82) is 0 Å². The molecule has 2 saturated heterocycles. The summed E-state index contributed by atoms with van der Waals surface area (Å²) in [6.45, 7) is 6.38. The fourth-order valence-corrected chi connectivity index (χ4v) is 5.69. The molecule has 1 aromatic carbocycles. The summed E-state index contributed by atoms with van der Waals surface area (Å²) in [7, 11) is 3.32. The van der Waals surface area contributed by atoms with E-state index in [2.05, 4.69) is 25.0 Å². The zero-order valence-corrected chi connectivity index (χ0v) is 24.8. The number of ether oxygens (including phenoxy) is 4. The standard InChI is InChI=1S/C28H32ClFN8O5/c1-16(39)37-6-8-38(9-7-37)26-17-4-5-31-27(43-25-18-13-32-35-20(18)12-19(30)23(25)29)24(17)33-28(34-26)42-22-15-36(10-11-40-2)14-21(22)41-3/h4-5,12-13,21-22H,6-11,14-15H2,1-3H3,(H,32,35)/t21-,22-/m1/s1. The van der Waals surface area contributed by atoms with Crippen LogP contribution in [0.2, 0.25) is 5.02 Å². The third-order valence-electron chi connectivity index (χ3n) is 7.82. The van der Waals surface area contributed by atoms with Gasteiger partial charge in [0.2, 0.25) is 11.8 Å². The van der Waals surface area contributed by atoms with Gasteiger partial charge in [-0.15, -0.1) is 0 Å². The number of fused-ring (bicyclic) bond motifs is 2. The second-order valence-electron chi connectivity index (χ2n) is 10.5. The highest BCUT2D eigenvalue weighted by atomic mass is 35.5. The number of anilines is 1. The number of aromatic amines is 1. The maximum Gasteiger partial charge on any atom is 0.319 e. The van der Waals surface area contributed by atoms with Crippen LogP contribution in [0.15, 0.2) is 24.5 Å². The number of carbonyl (C=O) groups is 1. The van der Waals surface area contributed by atoms with Crippen LogP contribution in [0.25, 0.3) is 21.8 Å². The average Bonchev–Trinajstić information content (AvgIpc) is 3.64. The number of carbonyl (C=O) groups excluding carboxylic acids is 1. The maximum absolute atomic E-state index is 14.7. The lowest BCUT2D eigenvalue weighted by atomic mass is 10.2. The highest BCUT2D eigenvalue weighted by Crippen LogP contribution is 2.40. The van der Waals surface area contributed by atoms with E-state index < -0.39 is 5.82 Å². The normalized spacial score (nSPS) is 19.5. The topological polar surface area (TPSA) is 131 Å². The molecule has 0 aliphatic carbocycles. The van der Waals surface area contributed by atoms with Crippen molar-refractivity contribution in [3.63, 3.8) is 0 Å². The molecule has 6 rings (SSSR count). The van der Waals surface area contributed by atoms with Gasteiger partial charge in [-0.3, -0.25) is 14.8 Å². The van der Waals surface area contributed by atoms with Crippen molar-refractivity contribution in [2.45, 2.75) is 19.1 Å². The van der Waals surface area contributed by atoms with Gasteiger partial charge in [0, 0.05) is 79.2 Å². The average molecular weight is 615 g/mol. The number of nitrogens with one attached hydrogen (secondary N) is 1. The molecule has 4 aromatic rings. The Bertz CT molecular complexity index is 1630. The van der Waals surface area contributed by atoms with E-state index in [1.165, 1.54) is 12.3 Å². The lowest BCUT2D eigenvalue weighted by Crippen LogP contribution is -2.48. The number of nitrogens with zero attached hydrogens (tertiary/aromatic N) is 7. The minimum Gasteiger partial charge on any atom is -0.456 e. The van der Waals surface area contributed by atoms with Gasteiger partial charge in [-0.25, -0.2) is 9.37 Å². The number of hydrogen-bond acceptors (Lipinski definition) is 11. The summed E-state index contributed by atoms with van der Waals surface area (Å²) in [4.78, 5) is 32.1. The number of pyridine rings is 1. The summed E-state index contributed by atoms with van der Waals surface area (Å²) < 4.78 is 38.2. The van der Waals surface area contributed by atoms with Crippen LogP contribution in [-0.4, -0.2) is 120 Å². The van der Waals surface area contributed by atoms with Gasteiger partial charge in [-0.1, -0.05) is 11.6 Å². The van der Waals surface area contributed by atoms with Crippen LogP contribution >= 0.6 is 11.6 Å². The first-order valence-electron chi connectivity index (χ1n) is 13.9. The highest BCUT2D eigenvalue weighted by molar-refractivity contribution is 6.33. The van der Waals surface area contributed by atoms with E-state index in [9.17, 15) is 9.18 Å². The van der Waals surface area contributed by atoms with Gasteiger partial charge in [-0.2, -0.15) is 15.1 Å². The van der Waals surface area contributed by atoms with Gasteiger partial charge >= 0.3 is 6.01 Å². The highest BCUT2D eigenvalue weighted by Gasteiger charge is 2.35. The van der Waals surface area contributed by atoms with Gasteiger partial charge in [-0.05, 0) is 6.07 Å². The van der Waals surface area contributed by atoms with Gasteiger partial charge in [0.1, 0.15) is 34.4 Å². The van der Waals surface area contributed by atoms with Crippen molar-refractivity contribution in [2.24, 2.45) is 0 Å². The summed E-state index contributed by atoms with van der Waals surface area (Å²) in [6.07, 6.45) is 2.53. The van der Waals surface area contributed by atoms with Gasteiger partial charge < -0.3 is 28.7 Å². The molecule has 2 aliphatic heterocycles. The Kier molecular flexibility index (Phi) is 8.43. The molecule has 1 N–H and O–H groups in total. The van der Waals surface area contributed by atoms with Crippen molar-refractivity contribution < 1.29 is 28.1 Å². The number of halogens is 2. The Hall–Kier alpha value is -3.85. The van der Waals surface area contributed by atoms with Crippen molar-refractivity contribution in [2.75, 3.05) is 71.5 Å². The summed E-state index contributed by atoms with van der Waals surface area (Å²) in [5.41, 5.74) is 0.779. The van der Waals surface area contributed by atoms with Crippen molar-refractivity contribution in [3.8, 4) is 17.6 Å². The molecule has 13 nitrogen and oxygen atoms in total. The van der Waals surface area contributed by atoms with Crippen LogP contribution in [0.5, 0.6) is 17.6 Å². The Morgan fingerprint density at radius 2 is 1.93 bits per heavy atom. The smallest absolute Gasteiger partial charge is 0.319 e. The van der Waals surface area contributed by atoms with Gasteiger partial charge in [0.15, 0.2) is 5.75 Å². The van der Waals surface area contributed by atoms with Crippen LogP contribution < -0.4 is 14.4 Å². The Labute approximate surface area is 251 Å². The van der Waals surface area contributed by atoms with E-state index in [-0.39, 0.29) is 40.8 Å². The molecular weight excluding hydrogens is 583 g/mol. The first kappa shape index (κ1) is 29.2. The SMILES string of the molecule is COCCN1C[C@@H](OC)[C@H](Oc2nc(N3CCN(C(C)=O)CC3)c3ccnc(Oc4c(Cl)c(F)cc5[nH]ncc45)c3n2)C1. The number of benzene rings is 1. The molecule has 15 heteroatoms. The van der Waals surface area contributed by atoms with E-state index in [4.69, 9.17) is 40.5 Å². The molecule has 0 saturated carbocycles. The van der Waals surface area contributed by atoms with Gasteiger partial charge in [0.05, 0.1) is 29.1 Å². The molecular formula is C28H32ClFN8O5. The molecule has 5 heterocycles. The van der Waals surface area contributed by atoms with Crippen LogP contribution in [0, 0.1) is 5.82 Å². The van der Waals surface area contributed by atoms with E-state index in [0.717, 1.165) is 6.54 Å². The third-order valence-corrected chi connectivity index (χ3v) is 8.17. The fourth-order valence-electron chi connectivity index (χ4n) is 5.49. The summed E-state index contributed by atoms with van der Waals surface area (Å²) >= 11 is 6.35. The van der Waals surface area contributed by atoms with Crippen molar-refractivity contribution >= 4 is 45.1 Å². The molecule has 1 amide bonds. The lowest BCUT2D eigenvalue weighted by Gasteiger charge is -2.35. The minimum absolute atomic E-state index is 0.0264. The number of piperazine rings is 1. The Morgan fingerprint density at radius 3 is 2.67 bits per heavy atom. The quantitative estimate of drug-likeness (QED) is 0.299. The first-order valence-corrected chi connectivity index (χ1v) is 14.3. The third kappa shape index (κ3) is 5.87. The maximum atomic E-state index is 14.7. The predicted molar refractivity (Wildman–Crippen MR) is 156 cm³/mol. The first-order chi connectivity index (χ1) is 20.9. The van der Waals surface area contributed by atoms with Gasteiger partial charge in [0.25, 0.3) is 0 Å². The summed E-state index contributed by atoms with van der Waals surface area (Å²) in [5, 5.41) is 7.67. The van der Waals surface area contributed by atoms with E-state index in [1.54, 1.807) is 38.3 Å². The number of hydrogen-bond donors (Lipinski definition) is 1. The van der Waals surface area contributed by atoms with E-state index in [0.29, 0.717) is 73.5 Å². The number of H-pyrrole nitrogens is 1. The van der Waals surface area contributed by atoms with Crippen LogP contribution in [0.1, 0.15) is 6.92 Å².